The van der Waals surface area contributed by atoms with Crippen molar-refractivity contribution in [3.63, 3.8) is 0 Å². The molecular weight excluding hydrogens is 262 g/mol. The van der Waals surface area contributed by atoms with Crippen molar-refractivity contribution in [2.24, 2.45) is 0 Å². The molecule has 0 unspecified atom stereocenters. The third-order valence-corrected chi connectivity index (χ3v) is 2.47. The van der Waals surface area contributed by atoms with Crippen molar-refractivity contribution in [3.8, 4) is 5.88 Å². The maximum Gasteiger partial charge on any atom is 0.255 e. The first-order valence-corrected chi connectivity index (χ1v) is 5.54. The fourth-order valence-electron chi connectivity index (χ4n) is 1.41. The van der Waals surface area contributed by atoms with Crippen LogP contribution in [0.5, 0.6) is 5.88 Å². The minimum atomic E-state index is -0.720. The molecule has 3 nitrogen and oxygen atoms in total. The molecule has 0 amide bonds. The van der Waals surface area contributed by atoms with Crippen LogP contribution in [0.4, 0.5) is 8.78 Å². The Balaban J connectivity index is 2.21. The van der Waals surface area contributed by atoms with Gasteiger partial charge in [0.05, 0.1) is 6.20 Å². The van der Waals surface area contributed by atoms with E-state index in [0.717, 1.165) is 6.20 Å². The van der Waals surface area contributed by atoms with Crippen molar-refractivity contribution in [2.45, 2.75) is 13.0 Å². The molecule has 0 aliphatic rings. The molecular formula is C12H9ClF2N2O. The number of rotatable bonds is 3. The van der Waals surface area contributed by atoms with E-state index in [4.69, 9.17) is 16.3 Å². The first kappa shape index (κ1) is 12.7. The summed E-state index contributed by atoms with van der Waals surface area (Å²) in [5.41, 5.74) is 0.573. The van der Waals surface area contributed by atoms with E-state index in [9.17, 15) is 8.78 Å². The zero-order chi connectivity index (χ0) is 13.1. The summed E-state index contributed by atoms with van der Waals surface area (Å²) in [5, 5.41) is -0.113. The summed E-state index contributed by atoms with van der Waals surface area (Å²) in [6.07, 6.45) is 0.365. The molecule has 0 N–H and O–H groups in total. The van der Waals surface area contributed by atoms with Crippen LogP contribution in [0.3, 0.4) is 0 Å². The molecule has 0 fully saturated rings. The predicted molar refractivity (Wildman–Crippen MR) is 62.4 cm³/mol. The maximum atomic E-state index is 13.3. The lowest BCUT2D eigenvalue weighted by Crippen LogP contribution is -2.06. The van der Waals surface area contributed by atoms with Gasteiger partial charge in [-0.3, -0.25) is 0 Å². The van der Waals surface area contributed by atoms with Crippen LogP contribution in [0.1, 0.15) is 18.6 Å². The van der Waals surface area contributed by atoms with Gasteiger partial charge in [0.2, 0.25) is 11.1 Å². The highest BCUT2D eigenvalue weighted by Gasteiger charge is 2.13. The number of hydrogen-bond donors (Lipinski definition) is 0. The van der Waals surface area contributed by atoms with E-state index >= 15 is 0 Å². The number of benzene rings is 1. The summed E-state index contributed by atoms with van der Waals surface area (Å²) < 4.78 is 31.7. The highest BCUT2D eigenvalue weighted by molar-refractivity contribution is 6.28. The largest absolute Gasteiger partial charge is 0.468 e. The second-order valence-corrected chi connectivity index (χ2v) is 3.95. The minimum Gasteiger partial charge on any atom is -0.468 e. The number of aromatic nitrogens is 2. The van der Waals surface area contributed by atoms with Gasteiger partial charge in [-0.1, -0.05) is 12.1 Å². The SMILES string of the molecule is C[C@H](Oc1nc(Cl)ncc1F)c1cccc(F)c1. The fraction of sp³-hybridized carbons (Fsp3) is 0.167. The van der Waals surface area contributed by atoms with Gasteiger partial charge >= 0.3 is 0 Å². The summed E-state index contributed by atoms with van der Waals surface area (Å²) in [4.78, 5) is 7.10. The van der Waals surface area contributed by atoms with Crippen LogP contribution in [-0.4, -0.2) is 9.97 Å². The van der Waals surface area contributed by atoms with E-state index in [0.29, 0.717) is 5.56 Å². The highest BCUT2D eigenvalue weighted by Crippen LogP contribution is 2.23. The molecule has 6 heteroatoms. The Kier molecular flexibility index (Phi) is 3.72. The van der Waals surface area contributed by atoms with Gasteiger partial charge in [-0.05, 0) is 36.2 Å². The number of ether oxygens (including phenoxy) is 1. The number of nitrogens with zero attached hydrogens (tertiary/aromatic N) is 2. The van der Waals surface area contributed by atoms with E-state index in [1.54, 1.807) is 19.1 Å². The summed E-state index contributed by atoms with van der Waals surface area (Å²) in [7, 11) is 0. The molecule has 0 bridgehead atoms. The number of halogens is 3. The zero-order valence-corrected chi connectivity index (χ0v) is 10.2. The van der Waals surface area contributed by atoms with Crippen LogP contribution in [0.15, 0.2) is 30.5 Å². The molecule has 2 aromatic rings. The molecule has 2 rings (SSSR count). The molecule has 0 spiro atoms. The van der Waals surface area contributed by atoms with Gasteiger partial charge in [-0.2, -0.15) is 9.37 Å². The lowest BCUT2D eigenvalue weighted by molar-refractivity contribution is 0.205. The summed E-state index contributed by atoms with van der Waals surface area (Å²) in [6.45, 7) is 1.66. The second kappa shape index (κ2) is 5.27. The highest BCUT2D eigenvalue weighted by atomic mass is 35.5. The second-order valence-electron chi connectivity index (χ2n) is 3.61. The van der Waals surface area contributed by atoms with Crippen LogP contribution in [-0.2, 0) is 0 Å². The number of hydrogen-bond acceptors (Lipinski definition) is 3. The molecule has 0 aliphatic carbocycles. The van der Waals surface area contributed by atoms with Crippen molar-refractivity contribution >= 4 is 11.6 Å². The molecule has 0 aliphatic heterocycles. The summed E-state index contributed by atoms with van der Waals surface area (Å²) >= 11 is 5.54. The molecule has 0 radical (unpaired) electrons. The van der Waals surface area contributed by atoms with Gasteiger partial charge in [0.15, 0.2) is 0 Å². The molecule has 94 valence electrons. The fourth-order valence-corrected chi connectivity index (χ4v) is 1.53. The Bertz CT molecular complexity index is 566. The average molecular weight is 271 g/mol. The van der Waals surface area contributed by atoms with Gasteiger partial charge in [-0.15, -0.1) is 0 Å². The van der Waals surface area contributed by atoms with Gasteiger partial charge < -0.3 is 4.74 Å². The Morgan fingerprint density at radius 2 is 2.11 bits per heavy atom. The topological polar surface area (TPSA) is 35.0 Å². The first-order valence-electron chi connectivity index (χ1n) is 5.16. The standard InChI is InChI=1S/C12H9ClF2N2O/c1-7(8-3-2-4-9(14)5-8)18-11-10(15)6-16-12(13)17-11/h2-7H,1H3/t7-/m0/s1. The van der Waals surface area contributed by atoms with Crippen molar-refractivity contribution in [3.05, 3.63) is 52.9 Å². The molecule has 1 heterocycles. The van der Waals surface area contributed by atoms with Crippen LogP contribution in [0, 0.1) is 11.6 Å². The minimum absolute atomic E-state index is 0.113. The quantitative estimate of drug-likeness (QED) is 0.800. The van der Waals surface area contributed by atoms with E-state index in [1.165, 1.54) is 12.1 Å². The van der Waals surface area contributed by atoms with E-state index < -0.39 is 11.9 Å². The van der Waals surface area contributed by atoms with Crippen molar-refractivity contribution in [1.29, 1.82) is 0 Å². The van der Waals surface area contributed by atoms with Crippen LogP contribution < -0.4 is 4.74 Å². The van der Waals surface area contributed by atoms with Crippen molar-refractivity contribution in [1.82, 2.24) is 9.97 Å². The Labute approximate surface area is 107 Å². The molecule has 0 saturated carbocycles. The van der Waals surface area contributed by atoms with Crippen LogP contribution in [0.25, 0.3) is 0 Å². The third kappa shape index (κ3) is 2.92. The van der Waals surface area contributed by atoms with Gasteiger partial charge in [0.25, 0.3) is 5.88 Å². The van der Waals surface area contributed by atoms with E-state index in [1.807, 2.05) is 0 Å². The van der Waals surface area contributed by atoms with E-state index in [2.05, 4.69) is 9.97 Å². The molecule has 18 heavy (non-hydrogen) atoms. The Morgan fingerprint density at radius 3 is 2.83 bits per heavy atom. The normalized spacial score (nSPS) is 12.2. The van der Waals surface area contributed by atoms with Crippen LogP contribution in [0.2, 0.25) is 5.28 Å². The van der Waals surface area contributed by atoms with Crippen molar-refractivity contribution < 1.29 is 13.5 Å². The smallest absolute Gasteiger partial charge is 0.255 e. The predicted octanol–water partition coefficient (Wildman–Crippen LogP) is 3.55. The lowest BCUT2D eigenvalue weighted by atomic mass is 10.1. The Hall–Kier alpha value is -1.75. The third-order valence-electron chi connectivity index (χ3n) is 2.29. The molecule has 1 atom stereocenters. The zero-order valence-electron chi connectivity index (χ0n) is 9.40. The average Bonchev–Trinajstić information content (AvgIpc) is 2.34. The molecule has 0 saturated heterocycles. The lowest BCUT2D eigenvalue weighted by Gasteiger charge is -2.14. The van der Waals surface area contributed by atoms with Crippen molar-refractivity contribution in [2.75, 3.05) is 0 Å². The molecule has 1 aromatic heterocycles. The maximum absolute atomic E-state index is 13.3. The molecule has 1 aromatic carbocycles. The monoisotopic (exact) mass is 270 g/mol. The van der Waals surface area contributed by atoms with Gasteiger partial charge in [0.1, 0.15) is 11.9 Å². The first-order chi connectivity index (χ1) is 8.56. The summed E-state index contributed by atoms with van der Waals surface area (Å²) in [5.74, 6) is -1.36. The summed E-state index contributed by atoms with van der Waals surface area (Å²) in [6, 6.07) is 5.85. The van der Waals surface area contributed by atoms with E-state index in [-0.39, 0.29) is 17.0 Å². The van der Waals surface area contributed by atoms with Gasteiger partial charge in [0, 0.05) is 0 Å². The van der Waals surface area contributed by atoms with Crippen LogP contribution >= 0.6 is 11.6 Å². The Morgan fingerprint density at radius 1 is 1.33 bits per heavy atom. The van der Waals surface area contributed by atoms with Gasteiger partial charge in [-0.25, -0.2) is 9.37 Å².